The van der Waals surface area contributed by atoms with E-state index >= 15 is 0 Å². The van der Waals surface area contributed by atoms with E-state index in [1.807, 2.05) is 6.92 Å². The van der Waals surface area contributed by atoms with Crippen molar-refractivity contribution in [3.05, 3.63) is 44.2 Å². The zero-order valence-corrected chi connectivity index (χ0v) is 11.7. The van der Waals surface area contributed by atoms with Gasteiger partial charge in [0, 0.05) is 0 Å². The van der Waals surface area contributed by atoms with Gasteiger partial charge in [-0.1, -0.05) is 42.6 Å². The molecule has 1 aromatic heterocycles. The SMILES string of the molecule is CCCc1c(O)nc(-c2c(Cl)cccc2Cl)[nH]c1=O. The van der Waals surface area contributed by atoms with E-state index < -0.39 is 0 Å². The highest BCUT2D eigenvalue weighted by Gasteiger charge is 2.15. The second kappa shape index (κ2) is 5.63. The van der Waals surface area contributed by atoms with Crippen LogP contribution < -0.4 is 5.56 Å². The Morgan fingerprint density at radius 1 is 1.32 bits per heavy atom. The van der Waals surface area contributed by atoms with Crippen molar-refractivity contribution in [2.45, 2.75) is 19.8 Å². The second-order valence-electron chi connectivity index (χ2n) is 4.06. The Labute approximate surface area is 120 Å². The summed E-state index contributed by atoms with van der Waals surface area (Å²) in [7, 11) is 0. The van der Waals surface area contributed by atoms with Gasteiger partial charge in [0.25, 0.3) is 5.56 Å². The van der Waals surface area contributed by atoms with Crippen LogP contribution in [0.5, 0.6) is 5.88 Å². The molecule has 0 atom stereocenters. The number of nitrogens with one attached hydrogen (secondary N) is 1. The van der Waals surface area contributed by atoms with Crippen LogP contribution in [0.2, 0.25) is 10.0 Å². The number of aromatic nitrogens is 2. The van der Waals surface area contributed by atoms with Crippen molar-refractivity contribution in [2.75, 3.05) is 0 Å². The molecule has 0 spiro atoms. The van der Waals surface area contributed by atoms with Gasteiger partial charge in [-0.2, -0.15) is 4.98 Å². The van der Waals surface area contributed by atoms with Gasteiger partial charge in [0.15, 0.2) is 0 Å². The lowest BCUT2D eigenvalue weighted by Gasteiger charge is -2.08. The Morgan fingerprint density at radius 3 is 2.47 bits per heavy atom. The molecule has 19 heavy (non-hydrogen) atoms. The van der Waals surface area contributed by atoms with Crippen LogP contribution in [0.15, 0.2) is 23.0 Å². The Bertz CT molecular complexity index is 648. The number of halogens is 2. The lowest BCUT2D eigenvalue weighted by Crippen LogP contribution is -2.15. The molecule has 0 saturated heterocycles. The summed E-state index contributed by atoms with van der Waals surface area (Å²) in [5.41, 5.74) is 0.302. The molecule has 0 amide bonds. The van der Waals surface area contributed by atoms with E-state index in [9.17, 15) is 9.90 Å². The van der Waals surface area contributed by atoms with Gasteiger partial charge in [-0.15, -0.1) is 0 Å². The Hall–Kier alpha value is -1.52. The highest BCUT2D eigenvalue weighted by atomic mass is 35.5. The summed E-state index contributed by atoms with van der Waals surface area (Å²) in [5.74, 6) is -0.116. The number of rotatable bonds is 3. The summed E-state index contributed by atoms with van der Waals surface area (Å²) in [6.07, 6.45) is 1.20. The summed E-state index contributed by atoms with van der Waals surface area (Å²) < 4.78 is 0. The first kappa shape index (κ1) is 13.9. The fourth-order valence-corrected chi connectivity index (χ4v) is 2.38. The van der Waals surface area contributed by atoms with E-state index in [0.29, 0.717) is 22.0 Å². The number of aromatic amines is 1. The van der Waals surface area contributed by atoms with Crippen molar-refractivity contribution >= 4 is 23.2 Å². The van der Waals surface area contributed by atoms with Crippen LogP contribution in [-0.4, -0.2) is 15.1 Å². The maximum atomic E-state index is 11.9. The van der Waals surface area contributed by atoms with E-state index in [1.54, 1.807) is 18.2 Å². The quantitative estimate of drug-likeness (QED) is 0.912. The molecular formula is C13H12Cl2N2O2. The van der Waals surface area contributed by atoms with Crippen LogP contribution in [0.4, 0.5) is 0 Å². The molecule has 2 rings (SSSR count). The van der Waals surface area contributed by atoms with Gasteiger partial charge in [-0.05, 0) is 18.6 Å². The van der Waals surface area contributed by atoms with Gasteiger partial charge in [-0.3, -0.25) is 4.79 Å². The molecule has 0 bridgehead atoms. The molecule has 6 heteroatoms. The molecule has 0 saturated carbocycles. The van der Waals surface area contributed by atoms with Crippen LogP contribution in [0.1, 0.15) is 18.9 Å². The summed E-state index contributed by atoms with van der Waals surface area (Å²) in [5, 5.41) is 10.5. The lowest BCUT2D eigenvalue weighted by molar-refractivity contribution is 0.443. The topological polar surface area (TPSA) is 66.0 Å². The summed E-state index contributed by atoms with van der Waals surface area (Å²) in [4.78, 5) is 18.5. The molecule has 1 heterocycles. The standard InChI is InChI=1S/C13H12Cl2N2O2/c1-2-4-7-12(18)16-11(17-13(7)19)10-8(14)5-3-6-9(10)15/h3,5-6H,2,4H2,1H3,(H2,16,17,18,19). The van der Waals surface area contributed by atoms with Crippen molar-refractivity contribution in [3.63, 3.8) is 0 Å². The molecule has 4 nitrogen and oxygen atoms in total. The molecule has 2 N–H and O–H groups in total. The first-order chi connectivity index (χ1) is 9.04. The summed E-state index contributed by atoms with van der Waals surface area (Å²) in [6.45, 7) is 1.91. The fourth-order valence-electron chi connectivity index (χ4n) is 1.80. The Balaban J connectivity index is 2.62. The first-order valence-corrected chi connectivity index (χ1v) is 6.56. The van der Waals surface area contributed by atoms with Gasteiger partial charge < -0.3 is 10.1 Å². The van der Waals surface area contributed by atoms with Crippen LogP contribution in [-0.2, 0) is 6.42 Å². The third-order valence-electron chi connectivity index (χ3n) is 2.69. The monoisotopic (exact) mass is 298 g/mol. The molecule has 0 radical (unpaired) electrons. The molecule has 1 aromatic carbocycles. The zero-order valence-electron chi connectivity index (χ0n) is 10.2. The fraction of sp³-hybridized carbons (Fsp3) is 0.231. The molecule has 0 aliphatic heterocycles. The van der Waals surface area contributed by atoms with Crippen LogP contribution in [0, 0.1) is 0 Å². The van der Waals surface area contributed by atoms with Gasteiger partial charge in [0.05, 0.1) is 21.2 Å². The largest absolute Gasteiger partial charge is 0.493 e. The van der Waals surface area contributed by atoms with Crippen LogP contribution in [0.25, 0.3) is 11.4 Å². The van der Waals surface area contributed by atoms with Gasteiger partial charge >= 0.3 is 0 Å². The first-order valence-electron chi connectivity index (χ1n) is 5.81. The second-order valence-corrected chi connectivity index (χ2v) is 4.88. The Morgan fingerprint density at radius 2 is 1.95 bits per heavy atom. The third kappa shape index (κ3) is 2.74. The maximum Gasteiger partial charge on any atom is 0.258 e. The minimum Gasteiger partial charge on any atom is -0.493 e. The molecule has 100 valence electrons. The average molecular weight is 299 g/mol. The normalized spacial score (nSPS) is 10.7. The highest BCUT2D eigenvalue weighted by molar-refractivity contribution is 6.38. The van der Waals surface area contributed by atoms with Crippen LogP contribution >= 0.6 is 23.2 Å². The smallest absolute Gasteiger partial charge is 0.258 e. The van der Waals surface area contributed by atoms with Gasteiger partial charge in [0.2, 0.25) is 5.88 Å². The Kier molecular flexibility index (Phi) is 4.12. The predicted octanol–water partition coefficient (Wildman–Crippen LogP) is 3.40. The number of nitrogens with zero attached hydrogens (tertiary/aromatic N) is 1. The number of benzene rings is 1. The average Bonchev–Trinajstić information content (AvgIpc) is 2.33. The minimum atomic E-state index is -0.375. The third-order valence-corrected chi connectivity index (χ3v) is 3.32. The molecule has 0 aliphatic rings. The molecular weight excluding hydrogens is 287 g/mol. The van der Waals surface area contributed by atoms with E-state index in [1.165, 1.54) is 0 Å². The van der Waals surface area contributed by atoms with E-state index in [4.69, 9.17) is 23.2 Å². The highest BCUT2D eigenvalue weighted by Crippen LogP contribution is 2.32. The van der Waals surface area contributed by atoms with Crippen molar-refractivity contribution < 1.29 is 5.11 Å². The van der Waals surface area contributed by atoms with E-state index in [2.05, 4.69) is 9.97 Å². The van der Waals surface area contributed by atoms with E-state index in [-0.39, 0.29) is 22.8 Å². The summed E-state index contributed by atoms with van der Waals surface area (Å²) >= 11 is 12.1. The molecule has 0 aliphatic carbocycles. The molecule has 0 fully saturated rings. The summed E-state index contributed by atoms with van der Waals surface area (Å²) in [6, 6.07) is 4.97. The van der Waals surface area contributed by atoms with E-state index in [0.717, 1.165) is 6.42 Å². The van der Waals surface area contributed by atoms with Gasteiger partial charge in [-0.25, -0.2) is 0 Å². The lowest BCUT2D eigenvalue weighted by atomic mass is 10.1. The number of hydrogen-bond donors (Lipinski definition) is 2. The van der Waals surface area contributed by atoms with Crippen molar-refractivity contribution in [1.82, 2.24) is 9.97 Å². The molecule has 0 unspecified atom stereocenters. The maximum absolute atomic E-state index is 11.9. The number of aromatic hydroxyl groups is 1. The van der Waals surface area contributed by atoms with Crippen molar-refractivity contribution in [2.24, 2.45) is 0 Å². The van der Waals surface area contributed by atoms with Gasteiger partial charge in [0.1, 0.15) is 5.82 Å². The van der Waals surface area contributed by atoms with Crippen molar-refractivity contribution in [3.8, 4) is 17.3 Å². The number of H-pyrrole nitrogens is 1. The van der Waals surface area contributed by atoms with Crippen molar-refractivity contribution in [1.29, 1.82) is 0 Å². The zero-order chi connectivity index (χ0) is 14.0. The number of hydrogen-bond acceptors (Lipinski definition) is 3. The van der Waals surface area contributed by atoms with Crippen LogP contribution in [0.3, 0.4) is 0 Å². The minimum absolute atomic E-state index is 0.165. The molecule has 2 aromatic rings. The predicted molar refractivity (Wildman–Crippen MR) is 76.0 cm³/mol.